The number of hydrogen-bond acceptors (Lipinski definition) is 3. The van der Waals surface area contributed by atoms with Crippen LogP contribution in [0.1, 0.15) is 57.5 Å². The highest BCUT2D eigenvalue weighted by molar-refractivity contribution is 7.10. The van der Waals surface area contributed by atoms with Gasteiger partial charge < -0.3 is 4.90 Å². The molecule has 1 saturated heterocycles. The van der Waals surface area contributed by atoms with E-state index < -0.39 is 0 Å². The number of nitrogens with one attached hydrogen (secondary N) is 1. The minimum Gasteiger partial charge on any atom is -0.320 e. The number of hydrogen-bond donors (Lipinski definition) is 1. The van der Waals surface area contributed by atoms with Crippen LogP contribution in [0.3, 0.4) is 0 Å². The fourth-order valence-electron chi connectivity index (χ4n) is 3.29. The first-order valence-electron chi connectivity index (χ1n) is 8.20. The van der Waals surface area contributed by atoms with Crippen molar-refractivity contribution >= 4 is 17.2 Å². The molecule has 2 heterocycles. The Bertz CT molecular complexity index is 495. The fraction of sp³-hybridized carbons (Fsp3) is 0.706. The zero-order valence-corrected chi connectivity index (χ0v) is 14.1. The molecule has 3 rings (SSSR count). The quantitative estimate of drug-likeness (QED) is 0.867. The smallest absolute Gasteiger partial charge is 0.241 e. The summed E-state index contributed by atoms with van der Waals surface area (Å²) in [5.41, 5.74) is 0.400. The zero-order valence-electron chi connectivity index (χ0n) is 13.3. The first kappa shape index (κ1) is 15.0. The molecule has 0 radical (unpaired) electrons. The van der Waals surface area contributed by atoms with Crippen LogP contribution in [0, 0.1) is 11.3 Å². The van der Waals surface area contributed by atoms with Crippen molar-refractivity contribution in [3.8, 4) is 0 Å². The minimum atomic E-state index is -0.0187. The standard InChI is InChI=1S/C17H26N2OS/c1-4-12(3)14-16(20)19(11-17(5-2)8-9-17)15(18-14)13-7-6-10-21-13/h6-7,10,12,14-15,18H,4-5,8-9,11H2,1-3H3. The van der Waals surface area contributed by atoms with Gasteiger partial charge in [0.25, 0.3) is 0 Å². The van der Waals surface area contributed by atoms with Crippen LogP contribution >= 0.6 is 11.3 Å². The van der Waals surface area contributed by atoms with Crippen molar-refractivity contribution in [2.45, 2.75) is 58.7 Å². The normalized spacial score (nSPS) is 28.9. The number of rotatable bonds is 6. The van der Waals surface area contributed by atoms with Gasteiger partial charge in [0.05, 0.1) is 6.04 Å². The van der Waals surface area contributed by atoms with E-state index in [1.165, 1.54) is 24.1 Å². The minimum absolute atomic E-state index is 0.0187. The van der Waals surface area contributed by atoms with E-state index in [1.807, 2.05) is 0 Å². The van der Waals surface area contributed by atoms with E-state index in [9.17, 15) is 4.79 Å². The van der Waals surface area contributed by atoms with E-state index in [-0.39, 0.29) is 12.2 Å². The van der Waals surface area contributed by atoms with E-state index in [0.29, 0.717) is 17.2 Å². The molecule has 4 heteroatoms. The second-order valence-electron chi connectivity index (χ2n) is 6.77. The summed E-state index contributed by atoms with van der Waals surface area (Å²) in [7, 11) is 0. The number of thiophene rings is 1. The van der Waals surface area contributed by atoms with Crippen LogP contribution in [0.5, 0.6) is 0 Å². The molecule has 1 amide bonds. The maximum Gasteiger partial charge on any atom is 0.241 e. The molecular formula is C17H26N2OS. The molecule has 1 saturated carbocycles. The molecule has 0 bridgehead atoms. The third-order valence-electron chi connectivity index (χ3n) is 5.44. The summed E-state index contributed by atoms with van der Waals surface area (Å²) < 4.78 is 0. The summed E-state index contributed by atoms with van der Waals surface area (Å²) in [6.07, 6.45) is 4.85. The van der Waals surface area contributed by atoms with Gasteiger partial charge in [-0.3, -0.25) is 10.1 Å². The fourth-order valence-corrected chi connectivity index (χ4v) is 4.09. The molecule has 3 nitrogen and oxygen atoms in total. The van der Waals surface area contributed by atoms with Gasteiger partial charge in [0.15, 0.2) is 0 Å². The van der Waals surface area contributed by atoms with Crippen molar-refractivity contribution in [1.29, 1.82) is 0 Å². The average molecular weight is 306 g/mol. The summed E-state index contributed by atoms with van der Waals surface area (Å²) >= 11 is 1.74. The van der Waals surface area contributed by atoms with Gasteiger partial charge in [-0.15, -0.1) is 11.3 Å². The SMILES string of the molecule is CCC(C)C1NC(c2cccs2)N(CC2(CC)CC2)C1=O. The van der Waals surface area contributed by atoms with E-state index in [1.54, 1.807) is 11.3 Å². The Morgan fingerprint density at radius 2 is 2.24 bits per heavy atom. The predicted molar refractivity (Wildman–Crippen MR) is 87.1 cm³/mol. The van der Waals surface area contributed by atoms with Gasteiger partial charge in [0.2, 0.25) is 5.91 Å². The topological polar surface area (TPSA) is 32.3 Å². The highest BCUT2D eigenvalue weighted by Crippen LogP contribution is 2.50. The first-order chi connectivity index (χ1) is 10.1. The molecular weight excluding hydrogens is 280 g/mol. The summed E-state index contributed by atoms with van der Waals surface area (Å²) in [4.78, 5) is 16.3. The van der Waals surface area contributed by atoms with Crippen LogP contribution < -0.4 is 5.32 Å². The van der Waals surface area contributed by atoms with Crippen molar-refractivity contribution in [2.24, 2.45) is 11.3 Å². The van der Waals surface area contributed by atoms with Gasteiger partial charge in [0.1, 0.15) is 6.17 Å². The number of carbonyl (C=O) groups is 1. The number of carbonyl (C=O) groups excluding carboxylic acids is 1. The Labute approximate surface area is 131 Å². The van der Waals surface area contributed by atoms with E-state index in [2.05, 4.69) is 48.5 Å². The molecule has 1 N–H and O–H groups in total. The van der Waals surface area contributed by atoms with Crippen LogP contribution in [0.25, 0.3) is 0 Å². The highest BCUT2D eigenvalue weighted by Gasteiger charge is 2.49. The van der Waals surface area contributed by atoms with Gasteiger partial charge in [-0.25, -0.2) is 0 Å². The summed E-state index contributed by atoms with van der Waals surface area (Å²) in [6.45, 7) is 7.52. The van der Waals surface area contributed by atoms with Gasteiger partial charge in [-0.1, -0.05) is 33.3 Å². The Balaban J connectivity index is 1.83. The third kappa shape index (κ3) is 2.76. The lowest BCUT2D eigenvalue weighted by Crippen LogP contribution is -2.37. The summed E-state index contributed by atoms with van der Waals surface area (Å²) in [5, 5.41) is 5.71. The highest BCUT2D eigenvalue weighted by atomic mass is 32.1. The van der Waals surface area contributed by atoms with Crippen molar-refractivity contribution in [3.63, 3.8) is 0 Å². The molecule has 1 aliphatic carbocycles. The Kier molecular flexibility index (Phi) is 4.10. The maximum atomic E-state index is 12.9. The molecule has 0 spiro atoms. The van der Waals surface area contributed by atoms with Gasteiger partial charge in [0, 0.05) is 11.4 Å². The van der Waals surface area contributed by atoms with Gasteiger partial charge in [-0.2, -0.15) is 0 Å². The molecule has 2 fully saturated rings. The third-order valence-corrected chi connectivity index (χ3v) is 6.36. The van der Waals surface area contributed by atoms with Gasteiger partial charge >= 0.3 is 0 Å². The second kappa shape index (κ2) is 5.73. The Morgan fingerprint density at radius 1 is 1.48 bits per heavy atom. The lowest BCUT2D eigenvalue weighted by Gasteiger charge is -2.27. The summed E-state index contributed by atoms with van der Waals surface area (Å²) in [5.74, 6) is 0.698. The van der Waals surface area contributed by atoms with Crippen molar-refractivity contribution in [3.05, 3.63) is 22.4 Å². The number of amides is 1. The first-order valence-corrected chi connectivity index (χ1v) is 9.08. The molecule has 3 unspecified atom stereocenters. The molecule has 1 aromatic rings. The Morgan fingerprint density at radius 3 is 2.76 bits per heavy atom. The van der Waals surface area contributed by atoms with Gasteiger partial charge in [-0.05, 0) is 42.0 Å². The van der Waals surface area contributed by atoms with E-state index >= 15 is 0 Å². The molecule has 116 valence electrons. The van der Waals surface area contributed by atoms with Crippen LogP contribution in [0.15, 0.2) is 17.5 Å². The van der Waals surface area contributed by atoms with Crippen molar-refractivity contribution < 1.29 is 4.79 Å². The van der Waals surface area contributed by atoms with Crippen molar-refractivity contribution in [2.75, 3.05) is 6.54 Å². The Hall–Kier alpha value is -0.870. The van der Waals surface area contributed by atoms with Crippen LogP contribution in [0.2, 0.25) is 0 Å². The number of nitrogens with zero attached hydrogens (tertiary/aromatic N) is 1. The molecule has 2 aliphatic rings. The lowest BCUT2D eigenvalue weighted by atomic mass is 9.98. The van der Waals surface area contributed by atoms with E-state index in [0.717, 1.165) is 13.0 Å². The second-order valence-corrected chi connectivity index (χ2v) is 7.75. The lowest BCUT2D eigenvalue weighted by molar-refractivity contribution is -0.131. The van der Waals surface area contributed by atoms with Crippen LogP contribution in [-0.4, -0.2) is 23.4 Å². The van der Waals surface area contributed by atoms with Crippen LogP contribution in [-0.2, 0) is 4.79 Å². The maximum absolute atomic E-state index is 12.9. The molecule has 1 aliphatic heterocycles. The van der Waals surface area contributed by atoms with Crippen molar-refractivity contribution in [1.82, 2.24) is 10.2 Å². The average Bonchev–Trinajstić information content (AvgIpc) is 2.92. The monoisotopic (exact) mass is 306 g/mol. The predicted octanol–water partition coefficient (Wildman–Crippen LogP) is 3.78. The molecule has 0 aromatic carbocycles. The molecule has 1 aromatic heterocycles. The van der Waals surface area contributed by atoms with Crippen LogP contribution in [0.4, 0.5) is 0 Å². The zero-order chi connectivity index (χ0) is 15.0. The van der Waals surface area contributed by atoms with E-state index in [4.69, 9.17) is 0 Å². The largest absolute Gasteiger partial charge is 0.320 e. The molecule has 21 heavy (non-hydrogen) atoms. The molecule has 3 atom stereocenters. The summed E-state index contributed by atoms with van der Waals surface area (Å²) in [6, 6.07) is 4.20.